The Morgan fingerprint density at radius 1 is 1.26 bits per heavy atom. The van der Waals surface area contributed by atoms with Gasteiger partial charge in [-0.25, -0.2) is 0 Å². The zero-order valence-corrected chi connectivity index (χ0v) is 11.7. The average molecular weight is 259 g/mol. The van der Waals surface area contributed by atoms with E-state index < -0.39 is 0 Å². The van der Waals surface area contributed by atoms with Gasteiger partial charge in [-0.15, -0.1) is 0 Å². The molecule has 3 rings (SSSR count). The molecule has 0 aromatic heterocycles. The third-order valence-electron chi connectivity index (χ3n) is 4.85. The molecule has 3 nitrogen and oxygen atoms in total. The molecule has 0 bridgehead atoms. The molecule has 1 saturated heterocycles. The molecular formula is C16H21NO2. The van der Waals surface area contributed by atoms with Gasteiger partial charge < -0.3 is 4.74 Å². The number of ether oxygens (including phenoxy) is 1. The Morgan fingerprint density at radius 2 is 2.11 bits per heavy atom. The lowest BCUT2D eigenvalue weighted by molar-refractivity contribution is 0.0416. The van der Waals surface area contributed by atoms with Crippen LogP contribution in [0.25, 0.3) is 0 Å². The monoisotopic (exact) mass is 259 g/mol. The minimum atomic E-state index is -0.236. The number of hydrogen-bond acceptors (Lipinski definition) is 3. The molecule has 1 atom stereocenters. The van der Waals surface area contributed by atoms with Gasteiger partial charge in [-0.2, -0.15) is 0 Å². The number of nitrogens with zero attached hydrogens (tertiary/aromatic N) is 1. The molecule has 1 heterocycles. The topological polar surface area (TPSA) is 29.5 Å². The fourth-order valence-corrected chi connectivity index (χ4v) is 3.61. The number of likely N-dealkylation sites (N-methyl/N-ethyl adjacent to an activating group) is 1. The van der Waals surface area contributed by atoms with Crippen LogP contribution in [0.2, 0.25) is 0 Å². The van der Waals surface area contributed by atoms with Crippen molar-refractivity contribution >= 4 is 5.78 Å². The smallest absolute Gasteiger partial charge is 0.183 e. The molecule has 3 heteroatoms. The second kappa shape index (κ2) is 4.64. The summed E-state index contributed by atoms with van der Waals surface area (Å²) in [5, 5.41) is 0. The molecule has 1 unspecified atom stereocenters. The van der Waals surface area contributed by atoms with Crippen molar-refractivity contribution < 1.29 is 9.53 Å². The van der Waals surface area contributed by atoms with Gasteiger partial charge in [0.25, 0.3) is 0 Å². The normalized spacial score (nSPS) is 27.4. The maximum absolute atomic E-state index is 12.9. The number of piperidine rings is 1. The molecular weight excluding hydrogens is 238 g/mol. The van der Waals surface area contributed by atoms with Crippen molar-refractivity contribution in [2.45, 2.75) is 37.6 Å². The molecule has 0 radical (unpaired) electrons. The van der Waals surface area contributed by atoms with Crippen LogP contribution in [0, 0.1) is 0 Å². The van der Waals surface area contributed by atoms with Crippen molar-refractivity contribution in [1.82, 2.24) is 4.90 Å². The summed E-state index contributed by atoms with van der Waals surface area (Å²) in [5.74, 6) is 1.16. The van der Waals surface area contributed by atoms with Gasteiger partial charge in [-0.05, 0) is 69.5 Å². The Balaban J connectivity index is 2.00. The number of Topliss-reactive ketones (excluding diaryl/α,β-unsaturated/α-hetero) is 1. The minimum Gasteiger partial charge on any atom is -0.497 e. The van der Waals surface area contributed by atoms with Gasteiger partial charge in [0.2, 0.25) is 0 Å². The summed E-state index contributed by atoms with van der Waals surface area (Å²) in [4.78, 5) is 15.2. The van der Waals surface area contributed by atoms with Crippen molar-refractivity contribution in [1.29, 1.82) is 0 Å². The van der Waals surface area contributed by atoms with Crippen LogP contribution in [-0.4, -0.2) is 36.9 Å². The van der Waals surface area contributed by atoms with E-state index in [0.29, 0.717) is 5.78 Å². The highest BCUT2D eigenvalue weighted by atomic mass is 16.5. The minimum absolute atomic E-state index is 0.236. The fraction of sp³-hybridized carbons (Fsp3) is 0.562. The number of carbonyl (C=O) groups excluding carboxylic acids is 1. The molecule has 1 aliphatic heterocycles. The molecule has 1 spiro atoms. The Kier molecular flexibility index (Phi) is 3.09. The number of rotatable bonds is 1. The molecule has 2 aliphatic rings. The van der Waals surface area contributed by atoms with E-state index in [0.717, 1.165) is 42.7 Å². The van der Waals surface area contributed by atoms with E-state index in [1.165, 1.54) is 12.8 Å². The predicted molar refractivity (Wildman–Crippen MR) is 74.9 cm³/mol. The van der Waals surface area contributed by atoms with Crippen LogP contribution in [0.3, 0.4) is 0 Å². The summed E-state index contributed by atoms with van der Waals surface area (Å²) >= 11 is 0. The van der Waals surface area contributed by atoms with E-state index in [4.69, 9.17) is 4.74 Å². The van der Waals surface area contributed by atoms with E-state index in [-0.39, 0.29) is 5.54 Å². The largest absolute Gasteiger partial charge is 0.497 e. The first-order chi connectivity index (χ1) is 9.17. The highest BCUT2D eigenvalue weighted by Gasteiger charge is 2.46. The molecule has 0 N–H and O–H groups in total. The molecule has 102 valence electrons. The van der Waals surface area contributed by atoms with E-state index in [1.54, 1.807) is 7.11 Å². The number of carbonyl (C=O) groups is 1. The lowest BCUT2D eigenvalue weighted by atomic mass is 9.71. The lowest BCUT2D eigenvalue weighted by Gasteiger charge is -2.46. The Morgan fingerprint density at radius 3 is 2.84 bits per heavy atom. The molecule has 1 aromatic carbocycles. The first-order valence-electron chi connectivity index (χ1n) is 7.10. The van der Waals surface area contributed by atoms with Crippen molar-refractivity contribution in [3.63, 3.8) is 0 Å². The van der Waals surface area contributed by atoms with Crippen molar-refractivity contribution in [3.8, 4) is 5.75 Å². The summed E-state index contributed by atoms with van der Waals surface area (Å²) in [5.41, 5.74) is 1.81. The van der Waals surface area contributed by atoms with Crippen LogP contribution >= 0.6 is 0 Å². The van der Waals surface area contributed by atoms with Gasteiger partial charge in [0.05, 0.1) is 12.6 Å². The van der Waals surface area contributed by atoms with Crippen LogP contribution in [0.5, 0.6) is 5.75 Å². The number of hydrogen-bond donors (Lipinski definition) is 0. The summed E-state index contributed by atoms with van der Waals surface area (Å²) in [6.07, 6.45) is 5.31. The van der Waals surface area contributed by atoms with Gasteiger partial charge in [0, 0.05) is 5.56 Å². The Labute approximate surface area is 114 Å². The zero-order chi connectivity index (χ0) is 13.5. The second-order valence-corrected chi connectivity index (χ2v) is 5.76. The van der Waals surface area contributed by atoms with Crippen LogP contribution < -0.4 is 4.74 Å². The summed E-state index contributed by atoms with van der Waals surface area (Å²) < 4.78 is 5.25. The van der Waals surface area contributed by atoms with E-state index in [9.17, 15) is 4.79 Å². The van der Waals surface area contributed by atoms with Crippen molar-refractivity contribution in [3.05, 3.63) is 29.3 Å². The average Bonchev–Trinajstić information content (AvgIpc) is 2.45. The van der Waals surface area contributed by atoms with Gasteiger partial charge in [0.15, 0.2) is 5.78 Å². The lowest BCUT2D eigenvalue weighted by Crippen LogP contribution is -2.57. The third-order valence-corrected chi connectivity index (χ3v) is 4.85. The number of methoxy groups -OCH3 is 1. The number of likely N-dealkylation sites (tertiary alicyclic amines) is 1. The molecule has 1 fully saturated rings. The third kappa shape index (κ3) is 1.88. The van der Waals surface area contributed by atoms with Crippen molar-refractivity contribution in [2.75, 3.05) is 20.7 Å². The van der Waals surface area contributed by atoms with Crippen LogP contribution in [0.1, 0.15) is 41.6 Å². The van der Waals surface area contributed by atoms with E-state index >= 15 is 0 Å². The summed E-state index contributed by atoms with van der Waals surface area (Å²) in [7, 11) is 3.77. The van der Waals surface area contributed by atoms with Crippen LogP contribution in [0.4, 0.5) is 0 Å². The predicted octanol–water partition coefficient (Wildman–Crippen LogP) is 2.68. The van der Waals surface area contributed by atoms with Crippen LogP contribution in [-0.2, 0) is 6.42 Å². The summed E-state index contributed by atoms with van der Waals surface area (Å²) in [6, 6.07) is 5.86. The number of aryl methyl sites for hydroxylation is 1. The Hall–Kier alpha value is -1.35. The number of benzene rings is 1. The molecule has 0 amide bonds. The second-order valence-electron chi connectivity index (χ2n) is 5.76. The SMILES string of the molecule is COc1ccc2c(c1)CCC1(CCCCN1C)C2=O. The molecule has 1 aromatic rings. The standard InChI is InChI=1S/C16H21NO2/c1-17-10-4-3-8-16(17)9-7-12-11-13(19-2)5-6-14(12)15(16)18/h5-6,11H,3-4,7-10H2,1-2H3. The first-order valence-corrected chi connectivity index (χ1v) is 7.10. The number of ketones is 1. The van der Waals surface area contributed by atoms with Gasteiger partial charge >= 0.3 is 0 Å². The quantitative estimate of drug-likeness (QED) is 0.776. The first kappa shape index (κ1) is 12.7. The maximum Gasteiger partial charge on any atom is 0.183 e. The van der Waals surface area contributed by atoms with Gasteiger partial charge in [-0.3, -0.25) is 9.69 Å². The fourth-order valence-electron chi connectivity index (χ4n) is 3.61. The number of fused-ring (bicyclic) bond motifs is 1. The maximum atomic E-state index is 12.9. The zero-order valence-electron chi connectivity index (χ0n) is 11.7. The summed E-state index contributed by atoms with van der Waals surface area (Å²) in [6.45, 7) is 1.04. The van der Waals surface area contributed by atoms with E-state index in [1.807, 2.05) is 18.2 Å². The molecule has 19 heavy (non-hydrogen) atoms. The highest BCUT2D eigenvalue weighted by Crippen LogP contribution is 2.39. The molecule has 1 aliphatic carbocycles. The van der Waals surface area contributed by atoms with E-state index in [2.05, 4.69) is 11.9 Å². The highest BCUT2D eigenvalue weighted by molar-refractivity contribution is 6.05. The van der Waals surface area contributed by atoms with Crippen molar-refractivity contribution in [2.24, 2.45) is 0 Å². The Bertz CT molecular complexity index is 511. The van der Waals surface area contributed by atoms with Crippen LogP contribution in [0.15, 0.2) is 18.2 Å². The van der Waals surface area contributed by atoms with Gasteiger partial charge in [0.1, 0.15) is 5.75 Å². The molecule has 0 saturated carbocycles. The van der Waals surface area contributed by atoms with Gasteiger partial charge in [-0.1, -0.05) is 0 Å².